The van der Waals surface area contributed by atoms with E-state index in [4.69, 9.17) is 0 Å². The summed E-state index contributed by atoms with van der Waals surface area (Å²) in [6.45, 7) is 3.76. The van der Waals surface area contributed by atoms with Crippen LogP contribution in [0, 0.1) is 6.92 Å². The van der Waals surface area contributed by atoms with E-state index in [2.05, 4.69) is 15.8 Å². The quantitative estimate of drug-likeness (QED) is 0.517. The maximum absolute atomic E-state index is 11.8. The first kappa shape index (κ1) is 16.4. The van der Waals surface area contributed by atoms with Crippen molar-refractivity contribution in [3.8, 4) is 0 Å². The molecule has 0 aliphatic heterocycles. The third kappa shape index (κ3) is 4.78. The number of carbonyl (C=O) groups excluding carboxylic acids is 2. The van der Waals surface area contributed by atoms with E-state index >= 15 is 0 Å². The van der Waals surface area contributed by atoms with Gasteiger partial charge in [-0.2, -0.15) is 5.10 Å². The van der Waals surface area contributed by atoms with Crippen molar-refractivity contribution in [2.75, 3.05) is 0 Å². The SMILES string of the molecule is Cc1ccccc1/C=N\NC(=O)C(=O)N[C@@H](C)c1ccccc1. The molecule has 5 nitrogen and oxygen atoms in total. The molecule has 2 aromatic rings. The van der Waals surface area contributed by atoms with E-state index in [-0.39, 0.29) is 6.04 Å². The van der Waals surface area contributed by atoms with Crippen molar-refractivity contribution in [1.82, 2.24) is 10.7 Å². The van der Waals surface area contributed by atoms with Crippen molar-refractivity contribution in [1.29, 1.82) is 0 Å². The number of hydrogen-bond donors (Lipinski definition) is 2. The monoisotopic (exact) mass is 309 g/mol. The average Bonchev–Trinajstić information content (AvgIpc) is 2.57. The van der Waals surface area contributed by atoms with Crippen molar-refractivity contribution >= 4 is 18.0 Å². The summed E-state index contributed by atoms with van der Waals surface area (Å²) < 4.78 is 0. The van der Waals surface area contributed by atoms with Crippen LogP contribution in [0.15, 0.2) is 59.7 Å². The highest BCUT2D eigenvalue weighted by Gasteiger charge is 2.16. The molecule has 0 aliphatic carbocycles. The van der Waals surface area contributed by atoms with Gasteiger partial charge in [0.05, 0.1) is 12.3 Å². The summed E-state index contributed by atoms with van der Waals surface area (Å²) in [5, 5.41) is 6.45. The Morgan fingerprint density at radius 1 is 1.00 bits per heavy atom. The molecule has 23 heavy (non-hydrogen) atoms. The van der Waals surface area contributed by atoms with Gasteiger partial charge in [0, 0.05) is 0 Å². The summed E-state index contributed by atoms with van der Waals surface area (Å²) in [5.41, 5.74) is 5.08. The van der Waals surface area contributed by atoms with Gasteiger partial charge < -0.3 is 5.32 Å². The van der Waals surface area contributed by atoms with E-state index in [1.807, 2.05) is 68.4 Å². The summed E-state index contributed by atoms with van der Waals surface area (Å²) in [6.07, 6.45) is 1.52. The lowest BCUT2D eigenvalue weighted by Gasteiger charge is -2.13. The molecule has 2 aromatic carbocycles. The molecular formula is C18H19N3O2. The van der Waals surface area contributed by atoms with Crippen molar-refractivity contribution in [2.45, 2.75) is 19.9 Å². The minimum absolute atomic E-state index is 0.255. The fraction of sp³-hybridized carbons (Fsp3) is 0.167. The minimum atomic E-state index is -0.794. The third-order valence-electron chi connectivity index (χ3n) is 3.41. The molecule has 0 bridgehead atoms. The van der Waals surface area contributed by atoms with E-state index in [0.717, 1.165) is 16.7 Å². The fourth-order valence-electron chi connectivity index (χ4n) is 2.03. The zero-order valence-electron chi connectivity index (χ0n) is 13.1. The molecule has 0 saturated heterocycles. The molecule has 0 unspecified atom stereocenters. The van der Waals surface area contributed by atoms with Gasteiger partial charge in [-0.25, -0.2) is 5.43 Å². The van der Waals surface area contributed by atoms with E-state index in [1.165, 1.54) is 6.21 Å². The molecule has 0 saturated carbocycles. The molecular weight excluding hydrogens is 290 g/mol. The topological polar surface area (TPSA) is 70.6 Å². The van der Waals surface area contributed by atoms with Gasteiger partial charge in [0.15, 0.2) is 0 Å². The Labute approximate surface area is 135 Å². The van der Waals surface area contributed by atoms with E-state index in [1.54, 1.807) is 0 Å². The van der Waals surface area contributed by atoms with Gasteiger partial charge in [0.25, 0.3) is 0 Å². The number of aryl methyl sites for hydroxylation is 1. The van der Waals surface area contributed by atoms with E-state index in [0.29, 0.717) is 0 Å². The number of rotatable bonds is 4. The zero-order valence-corrected chi connectivity index (χ0v) is 13.1. The van der Waals surface area contributed by atoms with Crippen LogP contribution in [0.4, 0.5) is 0 Å². The highest BCUT2D eigenvalue weighted by molar-refractivity contribution is 6.35. The molecule has 2 rings (SSSR count). The lowest BCUT2D eigenvalue weighted by atomic mass is 10.1. The normalized spacial score (nSPS) is 11.9. The van der Waals surface area contributed by atoms with Gasteiger partial charge in [-0.3, -0.25) is 9.59 Å². The number of nitrogens with one attached hydrogen (secondary N) is 2. The molecule has 0 aliphatic rings. The molecule has 0 aromatic heterocycles. The number of nitrogens with zero attached hydrogens (tertiary/aromatic N) is 1. The van der Waals surface area contributed by atoms with Crippen LogP contribution in [0.1, 0.15) is 29.7 Å². The Morgan fingerprint density at radius 2 is 1.65 bits per heavy atom. The maximum Gasteiger partial charge on any atom is 0.329 e. The summed E-state index contributed by atoms with van der Waals surface area (Å²) in [6, 6.07) is 16.8. The summed E-state index contributed by atoms with van der Waals surface area (Å²) in [7, 11) is 0. The number of amides is 2. The zero-order chi connectivity index (χ0) is 16.7. The van der Waals surface area contributed by atoms with Crippen molar-refractivity contribution < 1.29 is 9.59 Å². The van der Waals surface area contributed by atoms with Gasteiger partial charge in [-0.05, 0) is 30.5 Å². The molecule has 2 N–H and O–H groups in total. The first-order valence-electron chi connectivity index (χ1n) is 7.32. The van der Waals surface area contributed by atoms with Crippen LogP contribution in [0.3, 0.4) is 0 Å². The fourth-order valence-corrected chi connectivity index (χ4v) is 2.03. The first-order chi connectivity index (χ1) is 11.1. The van der Waals surface area contributed by atoms with Crippen LogP contribution in [0.5, 0.6) is 0 Å². The van der Waals surface area contributed by atoms with Crippen LogP contribution in [0.2, 0.25) is 0 Å². The summed E-state index contributed by atoms with van der Waals surface area (Å²) in [5.74, 6) is -1.51. The standard InChI is InChI=1S/C18H19N3O2/c1-13-8-6-7-11-16(13)12-19-21-18(23)17(22)20-14(2)15-9-4-3-5-10-15/h3-12,14H,1-2H3,(H,20,22)(H,21,23)/b19-12-/t14-/m0/s1. The van der Waals surface area contributed by atoms with Crippen LogP contribution >= 0.6 is 0 Å². The second-order valence-electron chi connectivity index (χ2n) is 5.16. The van der Waals surface area contributed by atoms with Crippen LogP contribution in [-0.4, -0.2) is 18.0 Å². The Balaban J connectivity index is 1.88. The predicted octanol–water partition coefficient (Wildman–Crippen LogP) is 2.32. The molecule has 1 atom stereocenters. The van der Waals surface area contributed by atoms with Gasteiger partial charge in [-0.1, -0.05) is 54.6 Å². The second-order valence-corrected chi connectivity index (χ2v) is 5.16. The first-order valence-corrected chi connectivity index (χ1v) is 7.32. The lowest BCUT2D eigenvalue weighted by molar-refractivity contribution is -0.139. The number of carbonyl (C=O) groups is 2. The molecule has 0 heterocycles. The molecule has 5 heteroatoms. The summed E-state index contributed by atoms with van der Waals surface area (Å²) in [4.78, 5) is 23.6. The molecule has 0 radical (unpaired) electrons. The van der Waals surface area contributed by atoms with Gasteiger partial charge in [0.2, 0.25) is 0 Å². The maximum atomic E-state index is 11.8. The Hall–Kier alpha value is -2.95. The molecule has 118 valence electrons. The molecule has 0 fully saturated rings. The Morgan fingerprint density at radius 3 is 2.35 bits per heavy atom. The van der Waals surface area contributed by atoms with E-state index < -0.39 is 11.8 Å². The number of benzene rings is 2. The number of hydrazone groups is 1. The van der Waals surface area contributed by atoms with Gasteiger partial charge in [-0.15, -0.1) is 0 Å². The van der Waals surface area contributed by atoms with Crippen LogP contribution < -0.4 is 10.7 Å². The Kier molecular flexibility index (Phi) is 5.63. The minimum Gasteiger partial charge on any atom is -0.341 e. The van der Waals surface area contributed by atoms with E-state index in [9.17, 15) is 9.59 Å². The Bertz CT molecular complexity index is 711. The molecule has 2 amide bonds. The second kappa shape index (κ2) is 7.89. The van der Waals surface area contributed by atoms with Crippen molar-refractivity contribution in [3.63, 3.8) is 0 Å². The summed E-state index contributed by atoms with van der Waals surface area (Å²) >= 11 is 0. The highest BCUT2D eigenvalue weighted by Crippen LogP contribution is 2.10. The third-order valence-corrected chi connectivity index (χ3v) is 3.41. The lowest BCUT2D eigenvalue weighted by Crippen LogP contribution is -2.39. The van der Waals surface area contributed by atoms with Crippen molar-refractivity contribution in [3.05, 3.63) is 71.3 Å². The average molecular weight is 309 g/mol. The van der Waals surface area contributed by atoms with Gasteiger partial charge >= 0.3 is 11.8 Å². The van der Waals surface area contributed by atoms with Gasteiger partial charge in [0.1, 0.15) is 0 Å². The smallest absolute Gasteiger partial charge is 0.329 e. The molecule has 0 spiro atoms. The number of hydrogen-bond acceptors (Lipinski definition) is 3. The van der Waals surface area contributed by atoms with Crippen molar-refractivity contribution in [2.24, 2.45) is 5.10 Å². The van der Waals surface area contributed by atoms with Crippen LogP contribution in [-0.2, 0) is 9.59 Å². The predicted molar refractivity (Wildman–Crippen MR) is 89.9 cm³/mol. The van der Waals surface area contributed by atoms with Crippen LogP contribution in [0.25, 0.3) is 0 Å². The largest absolute Gasteiger partial charge is 0.341 e. The highest BCUT2D eigenvalue weighted by atomic mass is 16.2.